The van der Waals surface area contributed by atoms with Gasteiger partial charge >= 0.3 is 5.91 Å². The van der Waals surface area contributed by atoms with Crippen molar-refractivity contribution < 1.29 is 14.7 Å². The maximum atomic E-state index is 13.3. The van der Waals surface area contributed by atoms with Gasteiger partial charge in [0, 0.05) is 6.20 Å². The molecular weight excluding hydrogens is 438 g/mol. The average Bonchev–Trinajstić information content (AvgIpc) is 3.47. The maximum Gasteiger partial charge on any atom is 0.301 e. The van der Waals surface area contributed by atoms with Crippen LogP contribution in [0.5, 0.6) is 0 Å². The van der Waals surface area contributed by atoms with Gasteiger partial charge in [0.1, 0.15) is 16.3 Å². The van der Waals surface area contributed by atoms with Gasteiger partial charge in [-0.2, -0.15) is 0 Å². The number of aliphatic hydroxyl groups excluding tert-OH is 1. The van der Waals surface area contributed by atoms with Crippen LogP contribution in [-0.2, 0) is 16.0 Å². The van der Waals surface area contributed by atoms with Crippen molar-refractivity contribution in [3.05, 3.63) is 81.8 Å². The zero-order chi connectivity index (χ0) is 23.3. The lowest BCUT2D eigenvalue weighted by atomic mass is 9.95. The molecule has 1 unspecified atom stereocenters. The number of ketones is 1. The van der Waals surface area contributed by atoms with E-state index in [-0.39, 0.29) is 11.3 Å². The molecule has 1 aromatic carbocycles. The van der Waals surface area contributed by atoms with E-state index in [1.807, 2.05) is 42.5 Å². The zero-order valence-electron chi connectivity index (χ0n) is 18.3. The molecule has 9 heteroatoms. The Hall–Kier alpha value is -3.85. The topological polar surface area (TPSA) is 101 Å². The van der Waals surface area contributed by atoms with Crippen LogP contribution >= 0.6 is 11.3 Å². The lowest BCUT2D eigenvalue weighted by Crippen LogP contribution is -2.29. The molecule has 166 valence electrons. The largest absolute Gasteiger partial charge is 0.505 e. The van der Waals surface area contributed by atoms with Crippen LogP contribution in [0.1, 0.15) is 40.5 Å². The van der Waals surface area contributed by atoms with Crippen LogP contribution in [0.15, 0.2) is 54.2 Å². The van der Waals surface area contributed by atoms with Crippen molar-refractivity contribution >= 4 is 39.6 Å². The molecule has 0 radical (unpaired) electrons. The minimum Gasteiger partial charge on any atom is -0.505 e. The Morgan fingerprint density at radius 2 is 1.85 bits per heavy atom. The standard InChI is InChI=1S/C24H21N5O3S/c1-4-15-8-10-16(11-9-15)20-18(22(31)23(32)29(20)24-27-26-14(3)33-24)21(30)19-13(2)25-17-7-5-6-12-28(17)19/h5-12,20,30H,4H2,1-3H3/b21-18+. The summed E-state index contributed by atoms with van der Waals surface area (Å²) in [6.45, 7) is 5.60. The number of benzene rings is 1. The quantitative estimate of drug-likeness (QED) is 0.281. The van der Waals surface area contributed by atoms with Crippen LogP contribution in [0, 0.1) is 13.8 Å². The molecule has 0 aliphatic carbocycles. The number of carbonyl (C=O) groups excluding carboxylic acids is 2. The summed E-state index contributed by atoms with van der Waals surface area (Å²) in [5, 5.41) is 20.6. The molecule has 0 saturated carbocycles. The Kier molecular flexibility index (Phi) is 5.05. The highest BCUT2D eigenvalue weighted by atomic mass is 32.1. The number of rotatable bonds is 4. The second-order valence-corrected chi connectivity index (χ2v) is 9.00. The third-order valence-corrected chi connectivity index (χ3v) is 6.64. The molecule has 1 saturated heterocycles. The molecule has 1 aliphatic rings. The van der Waals surface area contributed by atoms with E-state index >= 15 is 0 Å². The third-order valence-electron chi connectivity index (χ3n) is 5.80. The molecule has 5 rings (SSSR count). The number of nitrogens with zero attached hydrogens (tertiary/aromatic N) is 5. The summed E-state index contributed by atoms with van der Waals surface area (Å²) >= 11 is 1.22. The van der Waals surface area contributed by atoms with Crippen LogP contribution in [0.4, 0.5) is 5.13 Å². The second kappa shape index (κ2) is 7.93. The lowest BCUT2D eigenvalue weighted by Gasteiger charge is -2.22. The molecular formula is C24H21N5O3S. The number of hydrogen-bond donors (Lipinski definition) is 1. The van der Waals surface area contributed by atoms with Gasteiger partial charge in [0.25, 0.3) is 5.78 Å². The van der Waals surface area contributed by atoms with Gasteiger partial charge in [-0.3, -0.25) is 18.9 Å². The minimum atomic E-state index is -0.836. The number of fused-ring (bicyclic) bond motifs is 1. The third kappa shape index (κ3) is 3.32. The van der Waals surface area contributed by atoms with Crippen LogP contribution in [0.3, 0.4) is 0 Å². The number of Topliss-reactive ketones (excluding diaryl/α,β-unsaturated/α-hetero) is 1. The predicted molar refractivity (Wildman–Crippen MR) is 125 cm³/mol. The Morgan fingerprint density at radius 3 is 2.52 bits per heavy atom. The van der Waals surface area contributed by atoms with Crippen molar-refractivity contribution in [2.75, 3.05) is 4.90 Å². The second-order valence-electron chi connectivity index (χ2n) is 7.84. The zero-order valence-corrected chi connectivity index (χ0v) is 19.1. The van der Waals surface area contributed by atoms with Crippen LogP contribution in [0.25, 0.3) is 11.4 Å². The Balaban J connectivity index is 1.77. The summed E-state index contributed by atoms with van der Waals surface area (Å²) in [4.78, 5) is 32.3. The SMILES string of the molecule is CCc1ccc(C2/C(=C(\O)c3c(C)nc4ccccn34)C(=O)C(=O)N2c2nnc(C)s2)cc1. The molecule has 1 amide bonds. The number of carbonyl (C=O) groups is 2. The highest BCUT2D eigenvalue weighted by Crippen LogP contribution is 2.43. The van der Waals surface area contributed by atoms with Crippen molar-refractivity contribution in [2.24, 2.45) is 0 Å². The van der Waals surface area contributed by atoms with E-state index < -0.39 is 17.7 Å². The number of imidazole rings is 1. The fraction of sp³-hybridized carbons (Fsp3) is 0.208. The highest BCUT2D eigenvalue weighted by Gasteiger charge is 2.48. The molecule has 1 aliphatic heterocycles. The van der Waals surface area contributed by atoms with Crippen molar-refractivity contribution in [3.63, 3.8) is 0 Å². The first kappa shape index (κ1) is 21.0. The maximum absolute atomic E-state index is 13.3. The number of aryl methyl sites for hydroxylation is 3. The number of hydrogen-bond acceptors (Lipinski definition) is 7. The lowest BCUT2D eigenvalue weighted by molar-refractivity contribution is -0.132. The number of aliphatic hydroxyl groups is 1. The summed E-state index contributed by atoms with van der Waals surface area (Å²) in [6.07, 6.45) is 2.62. The molecule has 1 N–H and O–H groups in total. The summed E-state index contributed by atoms with van der Waals surface area (Å²) in [5.74, 6) is -1.78. The number of anilines is 1. The Bertz CT molecular complexity index is 1430. The van der Waals surface area contributed by atoms with E-state index in [1.165, 1.54) is 16.2 Å². The van der Waals surface area contributed by atoms with E-state index in [1.54, 1.807) is 24.4 Å². The normalized spacial score (nSPS) is 17.9. The van der Waals surface area contributed by atoms with Gasteiger partial charge in [0.05, 0.1) is 17.3 Å². The Labute approximate surface area is 193 Å². The summed E-state index contributed by atoms with van der Waals surface area (Å²) in [7, 11) is 0. The first-order valence-corrected chi connectivity index (χ1v) is 11.4. The van der Waals surface area contributed by atoms with Gasteiger partial charge in [-0.05, 0) is 43.5 Å². The summed E-state index contributed by atoms with van der Waals surface area (Å²) < 4.78 is 1.71. The average molecular weight is 460 g/mol. The van der Waals surface area contributed by atoms with Crippen LogP contribution in [0.2, 0.25) is 0 Å². The van der Waals surface area contributed by atoms with Crippen molar-refractivity contribution in [1.82, 2.24) is 19.6 Å². The van der Waals surface area contributed by atoms with Gasteiger partial charge in [0.15, 0.2) is 5.76 Å². The van der Waals surface area contributed by atoms with Crippen LogP contribution < -0.4 is 4.90 Å². The molecule has 0 bridgehead atoms. The molecule has 3 aromatic heterocycles. The monoisotopic (exact) mass is 459 g/mol. The number of amides is 1. The molecule has 4 heterocycles. The van der Waals surface area contributed by atoms with E-state index in [2.05, 4.69) is 22.1 Å². The molecule has 0 spiro atoms. The first-order valence-electron chi connectivity index (χ1n) is 10.5. The van der Waals surface area contributed by atoms with E-state index in [4.69, 9.17) is 0 Å². The van der Waals surface area contributed by atoms with E-state index in [0.29, 0.717) is 32.7 Å². The van der Waals surface area contributed by atoms with Crippen molar-refractivity contribution in [3.8, 4) is 0 Å². The number of aromatic nitrogens is 4. The van der Waals surface area contributed by atoms with Gasteiger partial charge in [-0.15, -0.1) is 10.2 Å². The smallest absolute Gasteiger partial charge is 0.301 e. The summed E-state index contributed by atoms with van der Waals surface area (Å²) in [6, 6.07) is 12.3. The van der Waals surface area contributed by atoms with Crippen molar-refractivity contribution in [1.29, 1.82) is 0 Å². The first-order chi connectivity index (χ1) is 15.9. The van der Waals surface area contributed by atoms with Crippen LogP contribution in [-0.4, -0.2) is 36.4 Å². The fourth-order valence-corrected chi connectivity index (χ4v) is 4.90. The van der Waals surface area contributed by atoms with E-state index in [0.717, 1.165) is 12.0 Å². The van der Waals surface area contributed by atoms with Crippen molar-refractivity contribution in [2.45, 2.75) is 33.2 Å². The predicted octanol–water partition coefficient (Wildman–Crippen LogP) is 3.99. The summed E-state index contributed by atoms with van der Waals surface area (Å²) in [5.41, 5.74) is 3.40. The van der Waals surface area contributed by atoms with E-state index in [9.17, 15) is 14.7 Å². The molecule has 8 nitrogen and oxygen atoms in total. The van der Waals surface area contributed by atoms with Gasteiger partial charge in [-0.1, -0.05) is 48.6 Å². The number of pyridine rings is 1. The van der Waals surface area contributed by atoms with Gasteiger partial charge in [-0.25, -0.2) is 4.98 Å². The highest BCUT2D eigenvalue weighted by molar-refractivity contribution is 7.15. The Morgan fingerprint density at radius 1 is 1.09 bits per heavy atom. The fourth-order valence-electron chi connectivity index (χ4n) is 4.19. The molecule has 1 atom stereocenters. The molecule has 4 aromatic rings. The molecule has 33 heavy (non-hydrogen) atoms. The molecule has 1 fully saturated rings. The van der Waals surface area contributed by atoms with Gasteiger partial charge < -0.3 is 5.11 Å². The van der Waals surface area contributed by atoms with Gasteiger partial charge in [0.2, 0.25) is 5.13 Å². The minimum absolute atomic E-state index is 0.00542.